The number of aliphatic imine (C=N–C) groups is 1. The maximum absolute atomic E-state index is 3.74. The molecule has 1 unspecified atom stereocenters. The summed E-state index contributed by atoms with van der Waals surface area (Å²) in [4.78, 5) is 3.74. The van der Waals surface area contributed by atoms with E-state index in [-0.39, 0.29) is 6.04 Å². The van der Waals surface area contributed by atoms with Gasteiger partial charge in [-0.05, 0) is 20.6 Å². The monoisotopic (exact) mass is 97.1 g/mol. The van der Waals surface area contributed by atoms with Crippen molar-refractivity contribution in [1.29, 1.82) is 0 Å². The van der Waals surface area contributed by atoms with Crippen molar-refractivity contribution in [2.75, 3.05) is 0 Å². The molecule has 1 atom stereocenters. The molecule has 0 rings (SSSR count). The van der Waals surface area contributed by atoms with Gasteiger partial charge in [0, 0.05) is 0 Å². The average Bonchev–Trinajstić information content (AvgIpc) is 1.68. The van der Waals surface area contributed by atoms with Crippen molar-refractivity contribution in [3.05, 3.63) is 12.2 Å². The van der Waals surface area contributed by atoms with Crippen LogP contribution in [0.4, 0.5) is 0 Å². The second kappa shape index (κ2) is 3.59. The summed E-state index contributed by atoms with van der Waals surface area (Å²) in [6, 6.07) is 0.282. The molecule has 0 aliphatic heterocycles. The first-order chi connectivity index (χ1) is 3.31. The quantitative estimate of drug-likeness (QED) is 0.367. The minimum atomic E-state index is 0.282. The molecule has 1 nitrogen and oxygen atoms in total. The minimum absolute atomic E-state index is 0.282. The number of hydrogen-bond donors (Lipinski definition) is 0. The van der Waals surface area contributed by atoms with Crippen LogP contribution in [0.2, 0.25) is 0 Å². The molecule has 0 heterocycles. The van der Waals surface area contributed by atoms with Crippen LogP contribution in [-0.2, 0) is 0 Å². The molecule has 0 saturated carbocycles. The van der Waals surface area contributed by atoms with E-state index in [1.165, 1.54) is 0 Å². The summed E-state index contributed by atoms with van der Waals surface area (Å²) in [5.41, 5.74) is 0. The van der Waals surface area contributed by atoms with E-state index >= 15 is 0 Å². The van der Waals surface area contributed by atoms with Crippen molar-refractivity contribution >= 4 is 6.72 Å². The predicted molar refractivity (Wildman–Crippen MR) is 33.8 cm³/mol. The largest absolute Gasteiger partial charge is 0.294 e. The van der Waals surface area contributed by atoms with Gasteiger partial charge in [0.25, 0.3) is 0 Å². The Hall–Kier alpha value is -0.590. The van der Waals surface area contributed by atoms with Crippen LogP contribution in [0.5, 0.6) is 0 Å². The van der Waals surface area contributed by atoms with Gasteiger partial charge < -0.3 is 0 Å². The zero-order valence-corrected chi connectivity index (χ0v) is 4.89. The third-order valence-electron chi connectivity index (χ3n) is 0.759. The molecule has 0 spiro atoms. The summed E-state index contributed by atoms with van der Waals surface area (Å²) < 4.78 is 0. The van der Waals surface area contributed by atoms with Crippen LogP contribution in [0.15, 0.2) is 17.1 Å². The molecule has 0 fully saturated rings. The van der Waals surface area contributed by atoms with Crippen LogP contribution in [0.3, 0.4) is 0 Å². The van der Waals surface area contributed by atoms with E-state index in [0.29, 0.717) is 0 Å². The lowest BCUT2D eigenvalue weighted by atomic mass is 10.3. The fraction of sp³-hybridized carbons (Fsp3) is 0.500. The van der Waals surface area contributed by atoms with Crippen molar-refractivity contribution in [2.24, 2.45) is 4.99 Å². The Morgan fingerprint density at radius 2 is 2.29 bits per heavy atom. The molecular weight excluding hydrogens is 86.1 g/mol. The molecule has 7 heavy (non-hydrogen) atoms. The van der Waals surface area contributed by atoms with Crippen molar-refractivity contribution in [3.8, 4) is 0 Å². The van der Waals surface area contributed by atoms with Crippen LogP contribution >= 0.6 is 0 Å². The fourth-order valence-electron chi connectivity index (χ4n) is 0.339. The third kappa shape index (κ3) is 3.23. The molecule has 0 aliphatic rings. The van der Waals surface area contributed by atoms with E-state index < -0.39 is 0 Å². The number of allylic oxidation sites excluding steroid dienone is 1. The zero-order chi connectivity index (χ0) is 5.70. The van der Waals surface area contributed by atoms with Crippen molar-refractivity contribution in [3.63, 3.8) is 0 Å². The fourth-order valence-corrected chi connectivity index (χ4v) is 0.339. The lowest BCUT2D eigenvalue weighted by molar-refractivity contribution is 0.935. The Kier molecular flexibility index (Phi) is 3.29. The maximum atomic E-state index is 3.74. The highest BCUT2D eigenvalue weighted by atomic mass is 14.7. The Bertz CT molecular complexity index is 74.2. The van der Waals surface area contributed by atoms with Gasteiger partial charge in [0.05, 0.1) is 6.04 Å². The molecule has 0 amide bonds. The highest BCUT2D eigenvalue weighted by molar-refractivity contribution is 5.25. The molecule has 0 bridgehead atoms. The lowest BCUT2D eigenvalue weighted by Crippen LogP contribution is -1.87. The Labute approximate surface area is 44.8 Å². The summed E-state index contributed by atoms with van der Waals surface area (Å²) >= 11 is 0. The van der Waals surface area contributed by atoms with Crippen molar-refractivity contribution in [2.45, 2.75) is 19.9 Å². The van der Waals surface area contributed by atoms with E-state index in [4.69, 9.17) is 0 Å². The van der Waals surface area contributed by atoms with E-state index in [9.17, 15) is 0 Å². The highest BCUT2D eigenvalue weighted by Crippen LogP contribution is 1.86. The molecule has 0 N–H and O–H groups in total. The normalized spacial score (nSPS) is 14.6. The van der Waals surface area contributed by atoms with E-state index in [0.717, 1.165) is 0 Å². The minimum Gasteiger partial charge on any atom is -0.294 e. The maximum Gasteiger partial charge on any atom is 0.0644 e. The van der Waals surface area contributed by atoms with Gasteiger partial charge in [-0.3, -0.25) is 4.99 Å². The molecule has 40 valence electrons. The summed E-state index contributed by atoms with van der Waals surface area (Å²) in [6.45, 7) is 7.34. The van der Waals surface area contributed by atoms with Gasteiger partial charge in [0.2, 0.25) is 0 Å². The van der Waals surface area contributed by atoms with E-state index in [2.05, 4.69) is 11.7 Å². The third-order valence-corrected chi connectivity index (χ3v) is 0.759. The molecule has 0 radical (unpaired) electrons. The SMILES string of the molecule is C=NC(C)/C=C\C. The van der Waals surface area contributed by atoms with Gasteiger partial charge in [-0.15, -0.1) is 0 Å². The van der Waals surface area contributed by atoms with Gasteiger partial charge in [-0.2, -0.15) is 0 Å². The van der Waals surface area contributed by atoms with E-state index in [1.807, 2.05) is 26.0 Å². The molecular formula is C6H11N. The topological polar surface area (TPSA) is 12.4 Å². The number of rotatable bonds is 2. The first-order valence-corrected chi connectivity index (χ1v) is 2.40. The van der Waals surface area contributed by atoms with Crippen LogP contribution in [0.1, 0.15) is 13.8 Å². The molecule has 0 saturated heterocycles. The first kappa shape index (κ1) is 6.41. The smallest absolute Gasteiger partial charge is 0.0644 e. The Morgan fingerprint density at radius 3 is 2.43 bits per heavy atom. The molecule has 0 aromatic rings. The summed E-state index contributed by atoms with van der Waals surface area (Å²) in [5.74, 6) is 0. The molecule has 0 aromatic heterocycles. The Balaban J connectivity index is 3.35. The first-order valence-electron chi connectivity index (χ1n) is 2.40. The zero-order valence-electron chi connectivity index (χ0n) is 4.89. The summed E-state index contributed by atoms with van der Waals surface area (Å²) in [6.07, 6.45) is 3.96. The molecule has 0 aromatic carbocycles. The van der Waals surface area contributed by atoms with Crippen molar-refractivity contribution < 1.29 is 0 Å². The van der Waals surface area contributed by atoms with Gasteiger partial charge >= 0.3 is 0 Å². The lowest BCUT2D eigenvalue weighted by Gasteiger charge is -1.90. The standard InChI is InChI=1S/C6H11N/c1-4-5-6(2)7-3/h4-6H,3H2,1-2H3/b5-4-. The van der Waals surface area contributed by atoms with Gasteiger partial charge in [-0.25, -0.2) is 0 Å². The average molecular weight is 97.2 g/mol. The van der Waals surface area contributed by atoms with Gasteiger partial charge in [-0.1, -0.05) is 12.2 Å². The van der Waals surface area contributed by atoms with Gasteiger partial charge in [0.1, 0.15) is 0 Å². The van der Waals surface area contributed by atoms with E-state index in [1.54, 1.807) is 0 Å². The van der Waals surface area contributed by atoms with Crippen molar-refractivity contribution in [1.82, 2.24) is 0 Å². The second-order valence-corrected chi connectivity index (χ2v) is 1.45. The van der Waals surface area contributed by atoms with Crippen LogP contribution < -0.4 is 0 Å². The summed E-state index contributed by atoms with van der Waals surface area (Å²) in [7, 11) is 0. The van der Waals surface area contributed by atoms with Crippen LogP contribution in [0.25, 0.3) is 0 Å². The highest BCUT2D eigenvalue weighted by Gasteiger charge is 1.81. The number of nitrogens with zero attached hydrogens (tertiary/aromatic N) is 1. The second-order valence-electron chi connectivity index (χ2n) is 1.45. The molecule has 0 aliphatic carbocycles. The number of hydrogen-bond acceptors (Lipinski definition) is 1. The predicted octanol–water partition coefficient (Wildman–Crippen LogP) is 1.65. The van der Waals surface area contributed by atoms with Crippen LogP contribution in [0, 0.1) is 0 Å². The van der Waals surface area contributed by atoms with Crippen LogP contribution in [-0.4, -0.2) is 12.8 Å². The summed E-state index contributed by atoms with van der Waals surface area (Å²) in [5, 5.41) is 0. The van der Waals surface area contributed by atoms with Gasteiger partial charge in [0.15, 0.2) is 0 Å². The molecule has 1 heteroatoms. The Morgan fingerprint density at radius 1 is 1.71 bits per heavy atom.